The maximum absolute atomic E-state index is 12.5. The molecular formula is C20H31N3O2. The number of likely N-dealkylation sites (N-methyl/N-ethyl adjacent to an activating group) is 1. The highest BCUT2D eigenvalue weighted by Gasteiger charge is 2.23. The third-order valence-electron chi connectivity index (χ3n) is 4.87. The molecule has 1 unspecified atom stereocenters. The minimum atomic E-state index is 0.120. The molecule has 0 radical (unpaired) electrons. The third-order valence-corrected chi connectivity index (χ3v) is 4.87. The fourth-order valence-corrected chi connectivity index (χ4v) is 3.08. The number of carbonyl (C=O) groups excluding carboxylic acids is 2. The first kappa shape index (κ1) is 19.4. The van der Waals surface area contributed by atoms with Crippen LogP contribution in [0.1, 0.15) is 25.3 Å². The van der Waals surface area contributed by atoms with Gasteiger partial charge >= 0.3 is 0 Å². The zero-order valence-electron chi connectivity index (χ0n) is 15.8. The van der Waals surface area contributed by atoms with Crippen molar-refractivity contribution in [3.8, 4) is 0 Å². The van der Waals surface area contributed by atoms with Gasteiger partial charge in [-0.3, -0.25) is 14.5 Å². The minimum Gasteiger partial charge on any atom is -0.348 e. The standard InChI is InChI=1S/C20H31N3O2/c1-17(9-10-18-7-5-4-6-8-18)15-19(24)23-13-11-22(12-14-23)16-20(25)21(2)3/h4-8,17H,9-16H2,1-3H3. The van der Waals surface area contributed by atoms with Gasteiger partial charge < -0.3 is 9.80 Å². The van der Waals surface area contributed by atoms with E-state index in [2.05, 4.69) is 36.1 Å². The summed E-state index contributed by atoms with van der Waals surface area (Å²) in [5.74, 6) is 0.759. The van der Waals surface area contributed by atoms with Gasteiger partial charge in [-0.2, -0.15) is 0 Å². The van der Waals surface area contributed by atoms with Crippen LogP contribution in [0, 0.1) is 5.92 Å². The van der Waals surface area contributed by atoms with Crippen molar-refractivity contribution < 1.29 is 9.59 Å². The van der Waals surface area contributed by atoms with E-state index in [1.165, 1.54) is 5.56 Å². The predicted molar refractivity (Wildman–Crippen MR) is 100 cm³/mol. The van der Waals surface area contributed by atoms with Gasteiger partial charge in [-0.1, -0.05) is 37.3 Å². The minimum absolute atomic E-state index is 0.120. The van der Waals surface area contributed by atoms with Crippen molar-refractivity contribution >= 4 is 11.8 Å². The van der Waals surface area contributed by atoms with Gasteiger partial charge in [0.05, 0.1) is 6.54 Å². The Morgan fingerprint density at radius 2 is 1.72 bits per heavy atom. The van der Waals surface area contributed by atoms with Crippen molar-refractivity contribution in [3.63, 3.8) is 0 Å². The highest BCUT2D eigenvalue weighted by atomic mass is 16.2. The van der Waals surface area contributed by atoms with Gasteiger partial charge in [0.25, 0.3) is 0 Å². The van der Waals surface area contributed by atoms with Gasteiger partial charge in [0.1, 0.15) is 0 Å². The molecule has 0 spiro atoms. The van der Waals surface area contributed by atoms with Gasteiger partial charge in [-0.05, 0) is 24.3 Å². The second-order valence-electron chi connectivity index (χ2n) is 7.28. The second-order valence-corrected chi connectivity index (χ2v) is 7.28. The van der Waals surface area contributed by atoms with E-state index in [4.69, 9.17) is 0 Å². The fraction of sp³-hybridized carbons (Fsp3) is 0.600. The average Bonchev–Trinajstić information content (AvgIpc) is 2.61. The first-order chi connectivity index (χ1) is 12.0. The van der Waals surface area contributed by atoms with E-state index in [1.807, 2.05) is 11.0 Å². The molecule has 138 valence electrons. The highest BCUT2D eigenvalue weighted by Crippen LogP contribution is 2.15. The second kappa shape index (κ2) is 9.56. The third kappa shape index (κ3) is 6.50. The Balaban J connectivity index is 1.68. The van der Waals surface area contributed by atoms with Crippen LogP contribution in [-0.2, 0) is 16.0 Å². The zero-order valence-corrected chi connectivity index (χ0v) is 15.8. The lowest BCUT2D eigenvalue weighted by Crippen LogP contribution is -2.51. The Kier molecular flexibility index (Phi) is 7.44. The van der Waals surface area contributed by atoms with Crippen LogP contribution in [0.2, 0.25) is 0 Å². The van der Waals surface area contributed by atoms with Crippen LogP contribution in [0.25, 0.3) is 0 Å². The number of aryl methyl sites for hydroxylation is 1. The first-order valence-corrected chi connectivity index (χ1v) is 9.20. The molecule has 1 aromatic carbocycles. The number of hydrogen-bond acceptors (Lipinski definition) is 3. The summed E-state index contributed by atoms with van der Waals surface area (Å²) in [4.78, 5) is 30.0. The average molecular weight is 345 g/mol. The quantitative estimate of drug-likeness (QED) is 0.758. The molecule has 1 atom stereocenters. The summed E-state index contributed by atoms with van der Waals surface area (Å²) >= 11 is 0. The molecule has 2 amide bonds. The molecule has 5 nitrogen and oxygen atoms in total. The summed E-state index contributed by atoms with van der Waals surface area (Å²) in [6.07, 6.45) is 2.67. The Hall–Kier alpha value is -1.88. The molecule has 1 aliphatic rings. The van der Waals surface area contributed by atoms with Crippen LogP contribution < -0.4 is 0 Å². The number of hydrogen-bond donors (Lipinski definition) is 0. The Bertz CT molecular complexity index is 551. The molecule has 1 fully saturated rings. The van der Waals surface area contributed by atoms with Crippen LogP contribution in [0.4, 0.5) is 0 Å². The van der Waals surface area contributed by atoms with E-state index in [9.17, 15) is 9.59 Å². The molecular weight excluding hydrogens is 314 g/mol. The summed E-state index contributed by atoms with van der Waals surface area (Å²) in [7, 11) is 3.55. The molecule has 2 rings (SSSR count). The lowest BCUT2D eigenvalue weighted by atomic mass is 9.97. The Morgan fingerprint density at radius 3 is 2.32 bits per heavy atom. The van der Waals surface area contributed by atoms with E-state index in [0.717, 1.165) is 39.0 Å². The molecule has 1 heterocycles. The maximum atomic E-state index is 12.5. The monoisotopic (exact) mass is 345 g/mol. The van der Waals surface area contributed by atoms with Crippen molar-refractivity contribution in [3.05, 3.63) is 35.9 Å². The molecule has 1 aromatic rings. The van der Waals surface area contributed by atoms with Gasteiger partial charge in [0.15, 0.2) is 0 Å². The molecule has 0 N–H and O–H groups in total. The van der Waals surface area contributed by atoms with Crippen molar-refractivity contribution in [2.45, 2.75) is 26.2 Å². The van der Waals surface area contributed by atoms with Crippen LogP contribution in [0.15, 0.2) is 30.3 Å². The van der Waals surface area contributed by atoms with Gasteiger partial charge in [0.2, 0.25) is 11.8 Å². The smallest absolute Gasteiger partial charge is 0.236 e. The van der Waals surface area contributed by atoms with Crippen molar-refractivity contribution in [2.75, 3.05) is 46.8 Å². The summed E-state index contributed by atoms with van der Waals surface area (Å²) < 4.78 is 0. The van der Waals surface area contributed by atoms with Crippen LogP contribution >= 0.6 is 0 Å². The molecule has 0 aliphatic carbocycles. The van der Waals surface area contributed by atoms with E-state index in [0.29, 0.717) is 18.9 Å². The number of rotatable bonds is 7. The summed E-state index contributed by atoms with van der Waals surface area (Å²) in [6, 6.07) is 10.4. The number of carbonyl (C=O) groups is 2. The van der Waals surface area contributed by atoms with Gasteiger partial charge in [-0.25, -0.2) is 0 Å². The van der Waals surface area contributed by atoms with E-state index in [-0.39, 0.29) is 11.8 Å². The zero-order chi connectivity index (χ0) is 18.2. The number of piperazine rings is 1. The molecule has 1 saturated heterocycles. The van der Waals surface area contributed by atoms with Crippen LogP contribution in [0.5, 0.6) is 0 Å². The highest BCUT2D eigenvalue weighted by molar-refractivity contribution is 5.78. The molecule has 0 bridgehead atoms. The van der Waals surface area contributed by atoms with Crippen molar-refractivity contribution in [2.24, 2.45) is 5.92 Å². The SMILES string of the molecule is CC(CCc1ccccc1)CC(=O)N1CCN(CC(=O)N(C)C)CC1. The summed E-state index contributed by atoms with van der Waals surface area (Å²) in [5, 5.41) is 0. The van der Waals surface area contributed by atoms with Gasteiger partial charge in [0, 0.05) is 46.7 Å². The lowest BCUT2D eigenvalue weighted by molar-refractivity contribution is -0.135. The maximum Gasteiger partial charge on any atom is 0.236 e. The summed E-state index contributed by atoms with van der Waals surface area (Å²) in [6.45, 7) is 5.62. The molecule has 25 heavy (non-hydrogen) atoms. The normalized spacial score (nSPS) is 16.5. The fourth-order valence-electron chi connectivity index (χ4n) is 3.08. The number of amides is 2. The predicted octanol–water partition coefficient (Wildman–Crippen LogP) is 1.88. The topological polar surface area (TPSA) is 43.9 Å². The van der Waals surface area contributed by atoms with Crippen molar-refractivity contribution in [1.82, 2.24) is 14.7 Å². The van der Waals surface area contributed by atoms with E-state index < -0.39 is 0 Å². The van der Waals surface area contributed by atoms with Gasteiger partial charge in [-0.15, -0.1) is 0 Å². The number of benzene rings is 1. The lowest BCUT2D eigenvalue weighted by Gasteiger charge is -2.35. The van der Waals surface area contributed by atoms with Crippen LogP contribution in [-0.4, -0.2) is 73.3 Å². The summed E-state index contributed by atoms with van der Waals surface area (Å²) in [5.41, 5.74) is 1.33. The van der Waals surface area contributed by atoms with E-state index in [1.54, 1.807) is 19.0 Å². The molecule has 5 heteroatoms. The molecule has 1 aliphatic heterocycles. The number of nitrogens with zero attached hydrogens (tertiary/aromatic N) is 3. The molecule has 0 aromatic heterocycles. The van der Waals surface area contributed by atoms with E-state index >= 15 is 0 Å². The molecule has 0 saturated carbocycles. The largest absolute Gasteiger partial charge is 0.348 e. The van der Waals surface area contributed by atoms with Crippen molar-refractivity contribution in [1.29, 1.82) is 0 Å². The first-order valence-electron chi connectivity index (χ1n) is 9.20. The Labute approximate surface area is 151 Å². The van der Waals surface area contributed by atoms with Crippen LogP contribution in [0.3, 0.4) is 0 Å². The Morgan fingerprint density at radius 1 is 1.08 bits per heavy atom.